The quantitative estimate of drug-likeness (QED) is 0.644. The van der Waals surface area contributed by atoms with Crippen LogP contribution in [0.25, 0.3) is 11.5 Å². The third-order valence-electron chi connectivity index (χ3n) is 5.41. The first kappa shape index (κ1) is 19.2. The molecule has 150 valence electrons. The zero-order valence-corrected chi connectivity index (χ0v) is 17.3. The van der Waals surface area contributed by atoms with E-state index in [0.29, 0.717) is 30.6 Å². The molecule has 29 heavy (non-hydrogen) atoms. The van der Waals surface area contributed by atoms with Crippen LogP contribution in [0.15, 0.2) is 53.1 Å². The summed E-state index contributed by atoms with van der Waals surface area (Å²) in [6.45, 7) is 4.89. The second-order valence-corrected chi connectivity index (χ2v) is 8.05. The van der Waals surface area contributed by atoms with Crippen molar-refractivity contribution in [1.29, 1.82) is 0 Å². The largest absolute Gasteiger partial charge is 0.378 e. The summed E-state index contributed by atoms with van der Waals surface area (Å²) in [6, 6.07) is 16.2. The van der Waals surface area contributed by atoms with E-state index in [1.165, 1.54) is 5.56 Å². The second kappa shape index (κ2) is 7.70. The van der Waals surface area contributed by atoms with Gasteiger partial charge in [-0.1, -0.05) is 37.2 Å². The van der Waals surface area contributed by atoms with Gasteiger partial charge in [-0.3, -0.25) is 4.79 Å². The zero-order valence-electron chi connectivity index (χ0n) is 17.3. The average Bonchev–Trinajstić information content (AvgIpc) is 3.35. The molecule has 4 rings (SSSR count). The first-order valence-electron chi connectivity index (χ1n) is 9.94. The topological polar surface area (TPSA) is 62.5 Å². The SMILES string of the molecule is CC(C)c1ccc(N2CC(c3noc(-c4cccc(N(C)C)c4)n3)CC2=O)cc1. The van der Waals surface area contributed by atoms with E-state index in [1.54, 1.807) is 0 Å². The number of nitrogens with zero attached hydrogens (tertiary/aromatic N) is 4. The van der Waals surface area contributed by atoms with Gasteiger partial charge in [0.25, 0.3) is 5.89 Å². The van der Waals surface area contributed by atoms with E-state index in [9.17, 15) is 4.79 Å². The van der Waals surface area contributed by atoms with Gasteiger partial charge in [0.15, 0.2) is 5.82 Å². The van der Waals surface area contributed by atoms with Crippen LogP contribution in [0.2, 0.25) is 0 Å². The molecule has 0 aliphatic carbocycles. The van der Waals surface area contributed by atoms with Crippen molar-refractivity contribution in [3.8, 4) is 11.5 Å². The number of hydrogen-bond acceptors (Lipinski definition) is 5. The fraction of sp³-hybridized carbons (Fsp3) is 0.348. The van der Waals surface area contributed by atoms with Gasteiger partial charge in [0.2, 0.25) is 5.91 Å². The molecule has 2 aromatic carbocycles. The Kier molecular flexibility index (Phi) is 5.09. The molecule has 2 heterocycles. The molecular formula is C23H26N4O2. The summed E-state index contributed by atoms with van der Waals surface area (Å²) < 4.78 is 5.51. The van der Waals surface area contributed by atoms with Crippen LogP contribution in [0, 0.1) is 0 Å². The van der Waals surface area contributed by atoms with Gasteiger partial charge < -0.3 is 14.3 Å². The molecule has 1 fully saturated rings. The Morgan fingerprint density at radius 1 is 1.14 bits per heavy atom. The number of carbonyl (C=O) groups excluding carboxylic acids is 1. The molecule has 6 heteroatoms. The number of benzene rings is 2. The number of amides is 1. The molecule has 1 unspecified atom stereocenters. The lowest BCUT2D eigenvalue weighted by atomic mass is 10.0. The maximum Gasteiger partial charge on any atom is 0.258 e. The summed E-state index contributed by atoms with van der Waals surface area (Å²) in [7, 11) is 3.98. The van der Waals surface area contributed by atoms with Gasteiger partial charge in [0, 0.05) is 49.9 Å². The van der Waals surface area contributed by atoms with Gasteiger partial charge >= 0.3 is 0 Å². The molecule has 1 amide bonds. The van der Waals surface area contributed by atoms with Crippen molar-refractivity contribution in [1.82, 2.24) is 10.1 Å². The predicted octanol–water partition coefficient (Wildman–Crippen LogP) is 4.45. The molecule has 1 atom stereocenters. The molecule has 6 nitrogen and oxygen atoms in total. The molecule has 1 aromatic heterocycles. The van der Waals surface area contributed by atoms with Gasteiger partial charge in [-0.15, -0.1) is 0 Å². The second-order valence-electron chi connectivity index (χ2n) is 8.05. The van der Waals surface area contributed by atoms with Gasteiger partial charge in [0.05, 0.1) is 0 Å². The van der Waals surface area contributed by atoms with Crippen LogP contribution in [0.4, 0.5) is 11.4 Å². The Morgan fingerprint density at radius 2 is 1.90 bits per heavy atom. The number of rotatable bonds is 5. The Bertz CT molecular complexity index is 1010. The number of aromatic nitrogens is 2. The van der Waals surface area contributed by atoms with Crippen LogP contribution in [0.3, 0.4) is 0 Å². The summed E-state index contributed by atoms with van der Waals surface area (Å²) >= 11 is 0. The Morgan fingerprint density at radius 3 is 2.59 bits per heavy atom. The third kappa shape index (κ3) is 3.88. The minimum absolute atomic E-state index is 0.0678. The molecule has 1 aliphatic rings. The number of anilines is 2. The van der Waals surface area contributed by atoms with Crippen molar-refractivity contribution < 1.29 is 9.32 Å². The highest BCUT2D eigenvalue weighted by molar-refractivity contribution is 5.96. The highest BCUT2D eigenvalue weighted by Gasteiger charge is 2.34. The van der Waals surface area contributed by atoms with Gasteiger partial charge in [0.1, 0.15) is 0 Å². The van der Waals surface area contributed by atoms with Gasteiger partial charge in [-0.25, -0.2) is 0 Å². The first-order chi connectivity index (χ1) is 13.9. The molecule has 0 radical (unpaired) electrons. The van der Waals surface area contributed by atoms with E-state index >= 15 is 0 Å². The highest BCUT2D eigenvalue weighted by Crippen LogP contribution is 2.32. The monoisotopic (exact) mass is 390 g/mol. The summed E-state index contributed by atoms with van der Waals surface area (Å²) in [5.74, 6) is 1.56. The summed E-state index contributed by atoms with van der Waals surface area (Å²) in [5, 5.41) is 4.17. The van der Waals surface area contributed by atoms with Crippen molar-refractivity contribution in [2.75, 3.05) is 30.4 Å². The molecule has 3 aromatic rings. The minimum Gasteiger partial charge on any atom is -0.378 e. The van der Waals surface area contributed by atoms with Crippen LogP contribution in [0.5, 0.6) is 0 Å². The first-order valence-corrected chi connectivity index (χ1v) is 9.94. The standard InChI is InChI=1S/C23H26N4O2/c1-15(2)16-8-10-19(11-9-16)27-14-18(13-21(27)28)22-24-23(29-25-22)17-6-5-7-20(12-17)26(3)4/h5-12,15,18H,13-14H2,1-4H3. The van der Waals surface area contributed by atoms with Crippen LogP contribution >= 0.6 is 0 Å². The zero-order chi connectivity index (χ0) is 20.5. The van der Waals surface area contributed by atoms with Crippen molar-refractivity contribution in [3.05, 3.63) is 59.9 Å². The highest BCUT2D eigenvalue weighted by atomic mass is 16.5. The lowest BCUT2D eigenvalue weighted by molar-refractivity contribution is -0.117. The molecule has 0 saturated carbocycles. The third-order valence-corrected chi connectivity index (χ3v) is 5.41. The molecule has 1 aliphatic heterocycles. The normalized spacial score (nSPS) is 16.7. The van der Waals surface area contributed by atoms with Crippen LogP contribution in [0.1, 0.15) is 43.5 Å². The summed E-state index contributed by atoms with van der Waals surface area (Å²) in [4.78, 5) is 21.0. The molecule has 0 bridgehead atoms. The van der Waals surface area contributed by atoms with Gasteiger partial charge in [-0.05, 0) is 41.8 Å². The number of hydrogen-bond donors (Lipinski definition) is 0. The van der Waals surface area contributed by atoms with Crippen LogP contribution < -0.4 is 9.80 Å². The van der Waals surface area contributed by atoms with E-state index in [0.717, 1.165) is 16.9 Å². The van der Waals surface area contributed by atoms with E-state index in [-0.39, 0.29) is 11.8 Å². The maximum atomic E-state index is 12.6. The molecule has 1 saturated heterocycles. The summed E-state index contributed by atoms with van der Waals surface area (Å²) in [5.41, 5.74) is 4.12. The van der Waals surface area contributed by atoms with E-state index in [2.05, 4.69) is 36.1 Å². The Balaban J connectivity index is 1.52. The molecule has 0 N–H and O–H groups in total. The smallest absolute Gasteiger partial charge is 0.258 e. The maximum absolute atomic E-state index is 12.6. The fourth-order valence-electron chi connectivity index (χ4n) is 3.60. The lowest BCUT2D eigenvalue weighted by Gasteiger charge is -2.17. The molecular weight excluding hydrogens is 364 g/mol. The van der Waals surface area contributed by atoms with E-state index in [1.807, 2.05) is 60.3 Å². The fourth-order valence-corrected chi connectivity index (χ4v) is 3.60. The van der Waals surface area contributed by atoms with E-state index < -0.39 is 0 Å². The van der Waals surface area contributed by atoms with Crippen molar-refractivity contribution in [3.63, 3.8) is 0 Å². The lowest BCUT2D eigenvalue weighted by Crippen LogP contribution is -2.24. The van der Waals surface area contributed by atoms with Crippen LogP contribution in [-0.4, -0.2) is 36.7 Å². The molecule has 0 spiro atoms. The van der Waals surface area contributed by atoms with Crippen LogP contribution in [-0.2, 0) is 4.79 Å². The Hall–Kier alpha value is -3.15. The van der Waals surface area contributed by atoms with Crippen molar-refractivity contribution in [2.24, 2.45) is 0 Å². The van der Waals surface area contributed by atoms with Crippen molar-refractivity contribution in [2.45, 2.75) is 32.1 Å². The minimum atomic E-state index is -0.0678. The Labute approximate surface area is 171 Å². The average molecular weight is 390 g/mol. The summed E-state index contributed by atoms with van der Waals surface area (Å²) in [6.07, 6.45) is 0.392. The van der Waals surface area contributed by atoms with Crippen molar-refractivity contribution >= 4 is 17.3 Å². The number of carbonyl (C=O) groups is 1. The predicted molar refractivity (Wildman–Crippen MR) is 114 cm³/mol. The van der Waals surface area contributed by atoms with E-state index in [4.69, 9.17) is 4.52 Å². The van der Waals surface area contributed by atoms with Gasteiger partial charge in [-0.2, -0.15) is 4.98 Å².